The molecule has 0 aromatic carbocycles. The molecule has 4 aromatic heterocycles. The second kappa shape index (κ2) is 9.66. The lowest BCUT2D eigenvalue weighted by Crippen LogP contribution is -2.05. The van der Waals surface area contributed by atoms with E-state index in [1.807, 2.05) is 23.0 Å². The van der Waals surface area contributed by atoms with Crippen LogP contribution in [0.5, 0.6) is 5.88 Å². The molecule has 0 radical (unpaired) electrons. The zero-order chi connectivity index (χ0) is 22.3. The molecule has 0 fully saturated rings. The molecule has 0 saturated heterocycles. The first-order chi connectivity index (χ1) is 15.6. The van der Waals surface area contributed by atoms with Gasteiger partial charge >= 0.3 is 0 Å². The maximum Gasteiger partial charge on any atom is 0.232 e. The fraction of sp³-hybridized carbons (Fsp3) is 0.217. The summed E-state index contributed by atoms with van der Waals surface area (Å²) in [4.78, 5) is 17.3. The standard InChI is InChI=1S/C23H22N8O/c1-16(2)31-15-20(14-28-31)29-23-26-12-19(13-27-23)21-6-5-18(10-24)22(30-21)32-9-7-17-4-3-8-25-11-17/h3-6,8,11-16H,7,9H2,1-2H3,(H,26,27,29). The van der Waals surface area contributed by atoms with Crippen LogP contribution in [0, 0.1) is 11.3 Å². The summed E-state index contributed by atoms with van der Waals surface area (Å²) in [6, 6.07) is 9.70. The average molecular weight is 426 g/mol. The minimum absolute atomic E-state index is 0.275. The summed E-state index contributed by atoms with van der Waals surface area (Å²) < 4.78 is 7.65. The van der Waals surface area contributed by atoms with Gasteiger partial charge in [-0.05, 0) is 37.6 Å². The third kappa shape index (κ3) is 5.05. The van der Waals surface area contributed by atoms with E-state index in [2.05, 4.69) is 50.3 Å². The molecule has 4 aromatic rings. The molecule has 0 bridgehead atoms. The number of nitrogens with one attached hydrogen (secondary N) is 1. The maximum absolute atomic E-state index is 9.39. The van der Waals surface area contributed by atoms with Crippen molar-refractivity contribution in [2.75, 3.05) is 11.9 Å². The normalized spacial score (nSPS) is 10.7. The zero-order valence-corrected chi connectivity index (χ0v) is 17.8. The van der Waals surface area contributed by atoms with Crippen molar-refractivity contribution in [3.8, 4) is 23.2 Å². The van der Waals surface area contributed by atoms with Crippen molar-refractivity contribution in [2.24, 2.45) is 0 Å². The molecule has 0 aliphatic carbocycles. The van der Waals surface area contributed by atoms with Crippen LogP contribution in [0.2, 0.25) is 0 Å². The van der Waals surface area contributed by atoms with Gasteiger partial charge in [-0.15, -0.1) is 0 Å². The first-order valence-corrected chi connectivity index (χ1v) is 10.2. The predicted molar refractivity (Wildman–Crippen MR) is 119 cm³/mol. The summed E-state index contributed by atoms with van der Waals surface area (Å²) in [7, 11) is 0. The molecule has 0 saturated carbocycles. The topological polar surface area (TPSA) is 114 Å². The molecule has 32 heavy (non-hydrogen) atoms. The number of pyridine rings is 2. The molecule has 4 heterocycles. The van der Waals surface area contributed by atoms with Gasteiger partial charge in [0.25, 0.3) is 0 Å². The number of nitriles is 1. The zero-order valence-electron chi connectivity index (χ0n) is 17.8. The van der Waals surface area contributed by atoms with Crippen LogP contribution in [0.15, 0.2) is 61.4 Å². The van der Waals surface area contributed by atoms with Crippen molar-refractivity contribution >= 4 is 11.6 Å². The highest BCUT2D eigenvalue weighted by molar-refractivity contribution is 5.61. The minimum Gasteiger partial charge on any atom is -0.476 e. The molecule has 9 nitrogen and oxygen atoms in total. The largest absolute Gasteiger partial charge is 0.476 e. The fourth-order valence-electron chi connectivity index (χ4n) is 2.95. The van der Waals surface area contributed by atoms with Crippen LogP contribution in [0.3, 0.4) is 0 Å². The van der Waals surface area contributed by atoms with Gasteiger partial charge < -0.3 is 10.1 Å². The van der Waals surface area contributed by atoms with Crippen molar-refractivity contribution in [1.29, 1.82) is 5.26 Å². The number of ether oxygens (including phenoxy) is 1. The van der Waals surface area contributed by atoms with Crippen LogP contribution < -0.4 is 10.1 Å². The van der Waals surface area contributed by atoms with Crippen LogP contribution in [0.25, 0.3) is 11.3 Å². The fourth-order valence-corrected chi connectivity index (χ4v) is 2.95. The summed E-state index contributed by atoms with van der Waals surface area (Å²) in [5.41, 5.74) is 3.58. The summed E-state index contributed by atoms with van der Waals surface area (Å²) >= 11 is 0. The van der Waals surface area contributed by atoms with Gasteiger partial charge in [-0.2, -0.15) is 10.4 Å². The SMILES string of the molecule is CC(C)n1cc(Nc2ncc(-c3ccc(C#N)c(OCCc4cccnc4)n3)cn2)cn1. The second-order valence-corrected chi connectivity index (χ2v) is 7.34. The van der Waals surface area contributed by atoms with Gasteiger partial charge in [0.1, 0.15) is 11.6 Å². The van der Waals surface area contributed by atoms with E-state index >= 15 is 0 Å². The van der Waals surface area contributed by atoms with Crippen LogP contribution in [-0.2, 0) is 6.42 Å². The molecular formula is C23H22N8O. The van der Waals surface area contributed by atoms with Crippen molar-refractivity contribution in [3.63, 3.8) is 0 Å². The van der Waals surface area contributed by atoms with E-state index in [-0.39, 0.29) is 11.9 Å². The Morgan fingerprint density at radius 1 is 1.12 bits per heavy atom. The number of anilines is 2. The predicted octanol–water partition coefficient (Wildman–Crippen LogP) is 3.95. The van der Waals surface area contributed by atoms with E-state index in [4.69, 9.17) is 4.74 Å². The highest BCUT2D eigenvalue weighted by atomic mass is 16.5. The summed E-state index contributed by atoms with van der Waals surface area (Å²) in [5, 5.41) is 16.8. The Bertz CT molecular complexity index is 1210. The molecular weight excluding hydrogens is 404 g/mol. The van der Waals surface area contributed by atoms with E-state index in [0.717, 1.165) is 16.8 Å². The van der Waals surface area contributed by atoms with E-state index in [9.17, 15) is 5.26 Å². The highest BCUT2D eigenvalue weighted by Gasteiger charge is 2.10. The van der Waals surface area contributed by atoms with Gasteiger partial charge in [0, 0.05) is 49.0 Å². The molecule has 0 unspecified atom stereocenters. The smallest absolute Gasteiger partial charge is 0.232 e. The Kier molecular flexibility index (Phi) is 6.32. The summed E-state index contributed by atoms with van der Waals surface area (Å²) in [6.07, 6.45) is 11.2. The molecule has 9 heteroatoms. The molecule has 4 rings (SSSR count). The van der Waals surface area contributed by atoms with Gasteiger partial charge in [-0.25, -0.2) is 15.0 Å². The average Bonchev–Trinajstić information content (AvgIpc) is 3.29. The Morgan fingerprint density at radius 2 is 1.97 bits per heavy atom. The van der Waals surface area contributed by atoms with Crippen LogP contribution in [0.1, 0.15) is 31.0 Å². The van der Waals surface area contributed by atoms with Gasteiger partial charge in [0.05, 0.1) is 24.2 Å². The summed E-state index contributed by atoms with van der Waals surface area (Å²) in [5.74, 6) is 0.746. The molecule has 0 amide bonds. The number of aromatic nitrogens is 6. The lowest BCUT2D eigenvalue weighted by atomic mass is 10.2. The third-order valence-electron chi connectivity index (χ3n) is 4.67. The van der Waals surface area contributed by atoms with E-state index < -0.39 is 0 Å². The van der Waals surface area contributed by atoms with Crippen molar-refractivity contribution in [1.82, 2.24) is 29.7 Å². The van der Waals surface area contributed by atoms with E-state index in [1.54, 1.807) is 43.1 Å². The molecule has 160 valence electrons. The Labute approximate surface area is 185 Å². The number of hydrogen-bond donors (Lipinski definition) is 1. The Morgan fingerprint density at radius 3 is 2.66 bits per heavy atom. The van der Waals surface area contributed by atoms with E-state index in [0.29, 0.717) is 30.2 Å². The molecule has 0 spiro atoms. The van der Waals surface area contributed by atoms with Gasteiger partial charge in [-0.1, -0.05) is 6.07 Å². The number of hydrogen-bond acceptors (Lipinski definition) is 8. The lowest BCUT2D eigenvalue weighted by molar-refractivity contribution is 0.309. The summed E-state index contributed by atoms with van der Waals surface area (Å²) in [6.45, 7) is 4.51. The van der Waals surface area contributed by atoms with Crippen molar-refractivity contribution in [3.05, 3.63) is 72.6 Å². The van der Waals surface area contributed by atoms with Crippen molar-refractivity contribution in [2.45, 2.75) is 26.3 Å². The number of rotatable bonds is 8. The van der Waals surface area contributed by atoms with E-state index in [1.165, 1.54) is 0 Å². The molecule has 1 N–H and O–H groups in total. The highest BCUT2D eigenvalue weighted by Crippen LogP contribution is 2.23. The third-order valence-corrected chi connectivity index (χ3v) is 4.67. The molecule has 0 aliphatic heterocycles. The van der Waals surface area contributed by atoms with Crippen LogP contribution >= 0.6 is 0 Å². The monoisotopic (exact) mass is 426 g/mol. The van der Waals surface area contributed by atoms with Crippen molar-refractivity contribution < 1.29 is 4.74 Å². The second-order valence-electron chi connectivity index (χ2n) is 7.34. The Balaban J connectivity index is 1.45. The molecule has 0 atom stereocenters. The van der Waals surface area contributed by atoms with Crippen LogP contribution in [0.4, 0.5) is 11.6 Å². The Hall–Kier alpha value is -4.32. The first kappa shape index (κ1) is 20.9. The van der Waals surface area contributed by atoms with Crippen LogP contribution in [-0.4, -0.2) is 36.3 Å². The quantitative estimate of drug-likeness (QED) is 0.450. The lowest BCUT2D eigenvalue weighted by Gasteiger charge is -2.09. The molecule has 0 aliphatic rings. The first-order valence-electron chi connectivity index (χ1n) is 10.2. The minimum atomic E-state index is 0.275. The van der Waals surface area contributed by atoms with Gasteiger partial charge in [-0.3, -0.25) is 9.67 Å². The maximum atomic E-state index is 9.39. The van der Waals surface area contributed by atoms with Gasteiger partial charge in [0.15, 0.2) is 0 Å². The van der Waals surface area contributed by atoms with Gasteiger partial charge in [0.2, 0.25) is 11.8 Å². The number of nitrogens with zero attached hydrogens (tertiary/aromatic N) is 7.